The summed E-state index contributed by atoms with van der Waals surface area (Å²) < 4.78 is 0. The zero-order valence-corrected chi connectivity index (χ0v) is 10.9. The van der Waals surface area contributed by atoms with Gasteiger partial charge in [0.15, 0.2) is 0 Å². The van der Waals surface area contributed by atoms with E-state index in [9.17, 15) is 0 Å². The van der Waals surface area contributed by atoms with Crippen LogP contribution in [-0.2, 0) is 6.42 Å². The van der Waals surface area contributed by atoms with Gasteiger partial charge in [0, 0.05) is 0 Å². The SMILES string of the molecule is CC(C)c1ccccc1Cc1cccc(NO)c1. The number of anilines is 1. The van der Waals surface area contributed by atoms with Gasteiger partial charge in [-0.15, -0.1) is 0 Å². The van der Waals surface area contributed by atoms with E-state index in [1.165, 1.54) is 16.7 Å². The molecule has 0 spiro atoms. The van der Waals surface area contributed by atoms with Crippen LogP contribution in [0.15, 0.2) is 48.5 Å². The summed E-state index contributed by atoms with van der Waals surface area (Å²) in [5.41, 5.74) is 6.86. The molecule has 2 heteroatoms. The van der Waals surface area contributed by atoms with Crippen molar-refractivity contribution in [3.8, 4) is 0 Å². The van der Waals surface area contributed by atoms with E-state index in [1.54, 1.807) is 0 Å². The van der Waals surface area contributed by atoms with E-state index in [4.69, 9.17) is 5.21 Å². The lowest BCUT2D eigenvalue weighted by molar-refractivity contribution is 0.389. The van der Waals surface area contributed by atoms with Crippen LogP contribution in [-0.4, -0.2) is 5.21 Å². The quantitative estimate of drug-likeness (QED) is 0.786. The van der Waals surface area contributed by atoms with Gasteiger partial charge in [-0.25, -0.2) is 0 Å². The lowest BCUT2D eigenvalue weighted by Gasteiger charge is -2.13. The standard InChI is InChI=1S/C16H19NO/c1-12(2)16-9-4-3-7-14(16)10-13-6-5-8-15(11-13)17-18/h3-9,11-12,17-18H,10H2,1-2H3. The van der Waals surface area contributed by atoms with Crippen molar-refractivity contribution >= 4 is 5.69 Å². The normalized spacial score (nSPS) is 10.7. The number of hydrogen-bond acceptors (Lipinski definition) is 2. The molecule has 2 rings (SSSR count). The first-order chi connectivity index (χ1) is 8.70. The molecular weight excluding hydrogens is 222 g/mol. The lowest BCUT2D eigenvalue weighted by atomic mass is 9.93. The Balaban J connectivity index is 2.28. The van der Waals surface area contributed by atoms with Gasteiger partial charge >= 0.3 is 0 Å². The minimum Gasteiger partial charge on any atom is -0.291 e. The van der Waals surface area contributed by atoms with Gasteiger partial charge in [-0.05, 0) is 41.2 Å². The number of rotatable bonds is 4. The molecule has 0 amide bonds. The molecule has 94 valence electrons. The molecule has 0 unspecified atom stereocenters. The van der Waals surface area contributed by atoms with Crippen molar-refractivity contribution in [2.75, 3.05) is 5.48 Å². The second kappa shape index (κ2) is 5.69. The van der Waals surface area contributed by atoms with Crippen molar-refractivity contribution in [2.45, 2.75) is 26.2 Å². The van der Waals surface area contributed by atoms with Gasteiger partial charge in [0.25, 0.3) is 0 Å². The Labute approximate surface area is 108 Å². The molecule has 0 aliphatic rings. The molecule has 2 nitrogen and oxygen atoms in total. The summed E-state index contributed by atoms with van der Waals surface area (Å²) in [6, 6.07) is 16.4. The van der Waals surface area contributed by atoms with Gasteiger partial charge in [0.05, 0.1) is 5.69 Å². The second-order valence-corrected chi connectivity index (χ2v) is 4.84. The lowest BCUT2D eigenvalue weighted by Crippen LogP contribution is -1.98. The fourth-order valence-electron chi connectivity index (χ4n) is 2.23. The zero-order chi connectivity index (χ0) is 13.0. The minimum absolute atomic E-state index is 0.528. The van der Waals surface area contributed by atoms with E-state index in [1.807, 2.05) is 18.2 Å². The summed E-state index contributed by atoms with van der Waals surface area (Å²) in [5.74, 6) is 0.528. The molecule has 0 saturated heterocycles. The predicted octanol–water partition coefficient (Wildman–Crippen LogP) is 4.20. The molecule has 0 aromatic heterocycles. The van der Waals surface area contributed by atoms with Gasteiger partial charge in [-0.1, -0.05) is 50.2 Å². The summed E-state index contributed by atoms with van der Waals surface area (Å²) >= 11 is 0. The van der Waals surface area contributed by atoms with E-state index in [-0.39, 0.29) is 0 Å². The molecule has 0 heterocycles. The summed E-state index contributed by atoms with van der Waals surface area (Å²) in [6.07, 6.45) is 0.893. The third kappa shape index (κ3) is 2.90. The largest absolute Gasteiger partial charge is 0.291 e. The third-order valence-electron chi connectivity index (χ3n) is 3.13. The maximum absolute atomic E-state index is 8.92. The van der Waals surface area contributed by atoms with Gasteiger partial charge in [0.1, 0.15) is 0 Å². The average molecular weight is 241 g/mol. The molecule has 2 aromatic rings. The van der Waals surface area contributed by atoms with E-state index < -0.39 is 0 Å². The van der Waals surface area contributed by atoms with Gasteiger partial charge in [-0.2, -0.15) is 0 Å². The predicted molar refractivity (Wildman–Crippen MR) is 75.2 cm³/mol. The average Bonchev–Trinajstić information content (AvgIpc) is 2.39. The first-order valence-corrected chi connectivity index (χ1v) is 6.27. The highest BCUT2D eigenvalue weighted by atomic mass is 16.5. The van der Waals surface area contributed by atoms with Crippen molar-refractivity contribution < 1.29 is 5.21 Å². The van der Waals surface area contributed by atoms with Crippen molar-refractivity contribution in [1.29, 1.82) is 0 Å². The Morgan fingerprint density at radius 2 is 1.83 bits per heavy atom. The zero-order valence-electron chi connectivity index (χ0n) is 10.9. The molecule has 2 aromatic carbocycles. The monoisotopic (exact) mass is 241 g/mol. The smallest absolute Gasteiger partial charge is 0.0604 e. The van der Waals surface area contributed by atoms with Crippen molar-refractivity contribution in [1.82, 2.24) is 0 Å². The maximum Gasteiger partial charge on any atom is 0.0604 e. The van der Waals surface area contributed by atoms with Crippen LogP contribution >= 0.6 is 0 Å². The number of nitrogens with one attached hydrogen (secondary N) is 1. The van der Waals surface area contributed by atoms with E-state index in [2.05, 4.69) is 49.7 Å². The van der Waals surface area contributed by atoms with Gasteiger partial charge in [-0.3, -0.25) is 10.7 Å². The maximum atomic E-state index is 8.92. The van der Waals surface area contributed by atoms with Crippen molar-refractivity contribution in [2.24, 2.45) is 0 Å². The first-order valence-electron chi connectivity index (χ1n) is 6.27. The molecule has 0 atom stereocenters. The molecule has 0 bridgehead atoms. The van der Waals surface area contributed by atoms with E-state index in [0.29, 0.717) is 5.92 Å². The Kier molecular flexibility index (Phi) is 4.00. The van der Waals surface area contributed by atoms with Crippen molar-refractivity contribution in [3.63, 3.8) is 0 Å². The molecule has 0 aliphatic heterocycles. The van der Waals surface area contributed by atoms with E-state index in [0.717, 1.165) is 12.1 Å². The van der Waals surface area contributed by atoms with Crippen LogP contribution in [0.3, 0.4) is 0 Å². The summed E-state index contributed by atoms with van der Waals surface area (Å²) in [5, 5.41) is 8.92. The van der Waals surface area contributed by atoms with Crippen LogP contribution in [0.25, 0.3) is 0 Å². The summed E-state index contributed by atoms with van der Waals surface area (Å²) in [7, 11) is 0. The van der Waals surface area contributed by atoms with Gasteiger partial charge < -0.3 is 0 Å². The Bertz CT molecular complexity index is 520. The molecule has 0 fully saturated rings. The topological polar surface area (TPSA) is 32.3 Å². The Morgan fingerprint density at radius 3 is 2.56 bits per heavy atom. The van der Waals surface area contributed by atoms with Crippen LogP contribution < -0.4 is 5.48 Å². The molecule has 18 heavy (non-hydrogen) atoms. The second-order valence-electron chi connectivity index (χ2n) is 4.84. The molecular formula is C16H19NO. The van der Waals surface area contributed by atoms with E-state index >= 15 is 0 Å². The number of hydrogen-bond donors (Lipinski definition) is 2. The molecule has 0 saturated carbocycles. The van der Waals surface area contributed by atoms with Crippen LogP contribution in [0.5, 0.6) is 0 Å². The van der Waals surface area contributed by atoms with Crippen LogP contribution in [0.2, 0.25) is 0 Å². The fraction of sp³-hybridized carbons (Fsp3) is 0.250. The summed E-state index contributed by atoms with van der Waals surface area (Å²) in [4.78, 5) is 0. The highest BCUT2D eigenvalue weighted by molar-refractivity contribution is 5.45. The Morgan fingerprint density at radius 1 is 1.06 bits per heavy atom. The number of benzene rings is 2. The fourth-order valence-corrected chi connectivity index (χ4v) is 2.23. The van der Waals surface area contributed by atoms with Crippen LogP contribution in [0.1, 0.15) is 36.5 Å². The minimum atomic E-state index is 0.528. The highest BCUT2D eigenvalue weighted by Gasteiger charge is 2.06. The molecule has 0 radical (unpaired) electrons. The Hall–Kier alpha value is -1.80. The van der Waals surface area contributed by atoms with Crippen LogP contribution in [0, 0.1) is 0 Å². The first kappa shape index (κ1) is 12.7. The van der Waals surface area contributed by atoms with Crippen LogP contribution in [0.4, 0.5) is 5.69 Å². The van der Waals surface area contributed by atoms with Crippen molar-refractivity contribution in [3.05, 3.63) is 65.2 Å². The molecule has 2 N–H and O–H groups in total. The highest BCUT2D eigenvalue weighted by Crippen LogP contribution is 2.22. The van der Waals surface area contributed by atoms with Gasteiger partial charge in [0.2, 0.25) is 0 Å². The molecule has 0 aliphatic carbocycles. The third-order valence-corrected chi connectivity index (χ3v) is 3.13. The summed E-state index contributed by atoms with van der Waals surface area (Å²) in [6.45, 7) is 4.43.